The molecule has 4 nitrogen and oxygen atoms in total. The first-order valence-corrected chi connectivity index (χ1v) is 10.3. The van der Waals surface area contributed by atoms with Crippen LogP contribution in [0.4, 0.5) is 0 Å². The molecule has 1 aromatic heterocycles. The van der Waals surface area contributed by atoms with E-state index in [1.807, 2.05) is 43.3 Å². The third-order valence-electron chi connectivity index (χ3n) is 5.10. The van der Waals surface area contributed by atoms with Crippen molar-refractivity contribution in [3.8, 4) is 6.07 Å². The fourth-order valence-electron chi connectivity index (χ4n) is 3.45. The van der Waals surface area contributed by atoms with Crippen molar-refractivity contribution in [1.29, 1.82) is 5.26 Å². The molecule has 2 aromatic rings. The van der Waals surface area contributed by atoms with Crippen molar-refractivity contribution >= 4 is 17.2 Å². The van der Waals surface area contributed by atoms with Crippen LogP contribution in [-0.2, 0) is 19.4 Å². The van der Waals surface area contributed by atoms with Crippen LogP contribution in [0.3, 0.4) is 0 Å². The van der Waals surface area contributed by atoms with Crippen molar-refractivity contribution in [3.05, 3.63) is 56.8 Å². The molecule has 5 heteroatoms. The van der Waals surface area contributed by atoms with Crippen LogP contribution in [0.2, 0.25) is 0 Å². The van der Waals surface area contributed by atoms with Gasteiger partial charge in [-0.05, 0) is 68.6 Å². The summed E-state index contributed by atoms with van der Waals surface area (Å²) in [6.07, 6.45) is 3.41. The Balaban J connectivity index is 1.79. The van der Waals surface area contributed by atoms with Crippen LogP contribution in [0.5, 0.6) is 0 Å². The zero-order valence-corrected chi connectivity index (χ0v) is 17.2. The van der Waals surface area contributed by atoms with Crippen LogP contribution in [0.1, 0.15) is 44.6 Å². The molecule has 1 heterocycles. The van der Waals surface area contributed by atoms with Crippen molar-refractivity contribution in [1.82, 2.24) is 9.80 Å². The number of benzene rings is 1. The number of thiophene rings is 1. The summed E-state index contributed by atoms with van der Waals surface area (Å²) in [4.78, 5) is 19.5. The minimum absolute atomic E-state index is 0.119. The monoisotopic (exact) mass is 381 g/mol. The highest BCUT2D eigenvalue weighted by Gasteiger charge is 2.23. The molecule has 0 saturated heterocycles. The van der Waals surface area contributed by atoms with Crippen LogP contribution >= 0.6 is 11.3 Å². The van der Waals surface area contributed by atoms with E-state index in [0.717, 1.165) is 29.8 Å². The quantitative estimate of drug-likeness (QED) is 0.761. The first-order chi connectivity index (χ1) is 13.0. The summed E-state index contributed by atoms with van der Waals surface area (Å²) in [5.41, 5.74) is 3.06. The molecule has 0 bridgehead atoms. The standard InChI is InChI=1S/C22H27N3OS/c1-16-4-9-20-19(12-16)13-21(27-20)22(26)25(11-10-24(2)3)15-18-7-5-17(14-23)6-8-18/h5-8,13,16H,4,9-12,15H2,1-3H3. The van der Waals surface area contributed by atoms with Gasteiger partial charge in [-0.2, -0.15) is 5.26 Å². The topological polar surface area (TPSA) is 47.3 Å². The summed E-state index contributed by atoms with van der Waals surface area (Å²) in [5, 5.41) is 8.97. The van der Waals surface area contributed by atoms with Gasteiger partial charge in [0.1, 0.15) is 0 Å². The number of hydrogen-bond donors (Lipinski definition) is 0. The van der Waals surface area contributed by atoms with E-state index >= 15 is 0 Å². The Bertz CT molecular complexity index is 832. The van der Waals surface area contributed by atoms with Crippen LogP contribution in [-0.4, -0.2) is 42.9 Å². The Morgan fingerprint density at radius 2 is 2.00 bits per heavy atom. The molecule has 0 spiro atoms. The highest BCUT2D eigenvalue weighted by Crippen LogP contribution is 2.33. The maximum absolute atomic E-state index is 13.2. The van der Waals surface area contributed by atoms with Gasteiger partial charge in [0.05, 0.1) is 16.5 Å². The Morgan fingerprint density at radius 3 is 2.67 bits per heavy atom. The van der Waals surface area contributed by atoms with Crippen molar-refractivity contribution < 1.29 is 4.79 Å². The van der Waals surface area contributed by atoms with Crippen molar-refractivity contribution in [2.24, 2.45) is 5.92 Å². The number of carbonyl (C=O) groups excluding carboxylic acids is 1. The number of aryl methyl sites for hydroxylation is 1. The lowest BCUT2D eigenvalue weighted by molar-refractivity contribution is 0.0737. The summed E-state index contributed by atoms with van der Waals surface area (Å²) in [7, 11) is 4.05. The highest BCUT2D eigenvalue weighted by molar-refractivity contribution is 7.14. The molecule has 1 atom stereocenters. The number of amides is 1. The van der Waals surface area contributed by atoms with Gasteiger partial charge < -0.3 is 9.80 Å². The number of nitriles is 1. The van der Waals surface area contributed by atoms with Gasteiger partial charge in [-0.1, -0.05) is 19.1 Å². The number of carbonyl (C=O) groups is 1. The molecule has 0 fully saturated rings. The Morgan fingerprint density at radius 1 is 1.26 bits per heavy atom. The van der Waals surface area contributed by atoms with Crippen molar-refractivity contribution in [2.45, 2.75) is 32.7 Å². The van der Waals surface area contributed by atoms with E-state index in [1.165, 1.54) is 16.9 Å². The molecule has 3 rings (SSSR count). The Kier molecular flexibility index (Phi) is 6.30. The number of likely N-dealkylation sites (N-methyl/N-ethyl adjacent to an activating group) is 1. The van der Waals surface area contributed by atoms with Gasteiger partial charge in [0, 0.05) is 24.5 Å². The fraction of sp³-hybridized carbons (Fsp3) is 0.455. The lowest BCUT2D eigenvalue weighted by atomic mass is 9.90. The molecule has 1 aliphatic carbocycles. The minimum atomic E-state index is 0.119. The molecule has 142 valence electrons. The Hall–Kier alpha value is -2.16. The number of hydrogen-bond acceptors (Lipinski definition) is 4. The lowest BCUT2D eigenvalue weighted by Gasteiger charge is -2.24. The Labute approximate surface area is 166 Å². The first-order valence-electron chi connectivity index (χ1n) is 9.51. The second-order valence-corrected chi connectivity index (χ2v) is 8.88. The zero-order valence-electron chi connectivity index (χ0n) is 16.4. The molecule has 1 amide bonds. The molecule has 1 aliphatic rings. The summed E-state index contributed by atoms with van der Waals surface area (Å²) in [5.74, 6) is 0.826. The minimum Gasteiger partial charge on any atom is -0.332 e. The highest BCUT2D eigenvalue weighted by atomic mass is 32.1. The van der Waals surface area contributed by atoms with Gasteiger partial charge in [0.15, 0.2) is 0 Å². The summed E-state index contributed by atoms with van der Waals surface area (Å²) in [6.45, 7) is 4.36. The van der Waals surface area contributed by atoms with E-state index < -0.39 is 0 Å². The van der Waals surface area contributed by atoms with Gasteiger partial charge in [0.25, 0.3) is 5.91 Å². The van der Waals surface area contributed by atoms with E-state index in [1.54, 1.807) is 11.3 Å². The van der Waals surface area contributed by atoms with Crippen LogP contribution < -0.4 is 0 Å². The fourth-order valence-corrected chi connectivity index (χ4v) is 4.62. The molecule has 0 saturated carbocycles. The van der Waals surface area contributed by atoms with E-state index in [9.17, 15) is 4.79 Å². The maximum atomic E-state index is 13.2. The lowest BCUT2D eigenvalue weighted by Crippen LogP contribution is -2.35. The summed E-state index contributed by atoms with van der Waals surface area (Å²) >= 11 is 1.68. The third-order valence-corrected chi connectivity index (χ3v) is 6.33. The van der Waals surface area contributed by atoms with Crippen LogP contribution in [0.15, 0.2) is 30.3 Å². The van der Waals surface area contributed by atoms with Gasteiger partial charge in [-0.15, -0.1) is 11.3 Å². The van der Waals surface area contributed by atoms with Crippen molar-refractivity contribution in [3.63, 3.8) is 0 Å². The predicted octanol–water partition coefficient (Wildman–Crippen LogP) is 3.95. The van der Waals surface area contributed by atoms with Gasteiger partial charge in [-0.25, -0.2) is 0 Å². The molecule has 1 unspecified atom stereocenters. The second kappa shape index (κ2) is 8.69. The number of rotatable bonds is 6. The SMILES string of the molecule is CC1CCc2sc(C(=O)N(CCN(C)C)Cc3ccc(C#N)cc3)cc2C1. The molecule has 1 aromatic carbocycles. The zero-order chi connectivity index (χ0) is 19.4. The third kappa shape index (κ3) is 4.97. The van der Waals surface area contributed by atoms with E-state index in [0.29, 0.717) is 24.6 Å². The molecule has 0 N–H and O–H groups in total. The largest absolute Gasteiger partial charge is 0.332 e. The molecule has 0 radical (unpaired) electrons. The summed E-state index contributed by atoms with van der Waals surface area (Å²) < 4.78 is 0. The second-order valence-electron chi connectivity index (χ2n) is 7.75. The average Bonchev–Trinajstić information content (AvgIpc) is 3.08. The van der Waals surface area contributed by atoms with E-state index in [4.69, 9.17) is 5.26 Å². The van der Waals surface area contributed by atoms with Crippen molar-refractivity contribution in [2.75, 3.05) is 27.2 Å². The molecule has 0 aliphatic heterocycles. The normalized spacial score (nSPS) is 16.0. The first kappa shape index (κ1) is 19.6. The van der Waals surface area contributed by atoms with Gasteiger partial charge in [0.2, 0.25) is 0 Å². The van der Waals surface area contributed by atoms with Gasteiger partial charge >= 0.3 is 0 Å². The van der Waals surface area contributed by atoms with E-state index in [2.05, 4.69) is 24.0 Å². The van der Waals surface area contributed by atoms with Crippen LogP contribution in [0, 0.1) is 17.2 Å². The summed E-state index contributed by atoms with van der Waals surface area (Å²) in [6, 6.07) is 11.8. The maximum Gasteiger partial charge on any atom is 0.264 e. The number of fused-ring (bicyclic) bond motifs is 1. The number of nitrogens with zero attached hydrogens (tertiary/aromatic N) is 3. The van der Waals surface area contributed by atoms with Crippen LogP contribution in [0.25, 0.3) is 0 Å². The average molecular weight is 382 g/mol. The molecule has 27 heavy (non-hydrogen) atoms. The smallest absolute Gasteiger partial charge is 0.264 e. The molecular formula is C22H27N3OS. The van der Waals surface area contributed by atoms with Gasteiger partial charge in [-0.3, -0.25) is 4.79 Å². The predicted molar refractivity (Wildman–Crippen MR) is 110 cm³/mol. The van der Waals surface area contributed by atoms with E-state index in [-0.39, 0.29) is 5.91 Å². The molecular weight excluding hydrogens is 354 g/mol.